The van der Waals surface area contributed by atoms with Crippen LogP contribution >= 0.6 is 0 Å². The average Bonchev–Trinajstić information content (AvgIpc) is 2.78. The van der Waals surface area contributed by atoms with Crippen molar-refractivity contribution >= 4 is 5.97 Å². The van der Waals surface area contributed by atoms with Crippen molar-refractivity contribution in [3.63, 3.8) is 0 Å². The predicted octanol–water partition coefficient (Wildman–Crippen LogP) is 7.26. The molecule has 0 radical (unpaired) electrons. The topological polar surface area (TPSA) is 26.3 Å². The maximum absolute atomic E-state index is 12.3. The van der Waals surface area contributed by atoms with Gasteiger partial charge in [-0.25, -0.2) is 4.79 Å². The van der Waals surface area contributed by atoms with Crippen LogP contribution in [0.3, 0.4) is 0 Å². The fraction of sp³-hybridized carbons (Fsp3) is 0.296. The van der Waals surface area contributed by atoms with E-state index in [9.17, 15) is 4.79 Å². The largest absolute Gasteiger partial charge is 0.423 e. The van der Waals surface area contributed by atoms with Crippen LogP contribution < -0.4 is 4.74 Å². The van der Waals surface area contributed by atoms with Crippen LogP contribution in [0.4, 0.5) is 0 Å². The molecule has 2 heteroatoms. The number of carbonyl (C=O) groups excluding carboxylic acids is 1. The molecule has 0 aromatic heterocycles. The number of rotatable bonds is 9. The number of esters is 1. The molecule has 0 heterocycles. The summed E-state index contributed by atoms with van der Waals surface area (Å²) in [5.74, 6) is 0.235. The summed E-state index contributed by atoms with van der Waals surface area (Å²) in [5, 5.41) is 0. The molecule has 0 fully saturated rings. The maximum Gasteiger partial charge on any atom is 0.343 e. The van der Waals surface area contributed by atoms with Crippen molar-refractivity contribution in [2.24, 2.45) is 0 Å². The molecule has 150 valence electrons. The molecule has 0 N–H and O–H groups in total. The monoisotopic (exact) mass is 386 g/mol. The highest BCUT2D eigenvalue weighted by molar-refractivity contribution is 5.91. The summed E-state index contributed by atoms with van der Waals surface area (Å²) in [7, 11) is 0. The summed E-state index contributed by atoms with van der Waals surface area (Å²) in [6.07, 6.45) is 7.26. The van der Waals surface area contributed by atoms with E-state index in [2.05, 4.69) is 38.1 Å². The minimum atomic E-state index is -0.326. The van der Waals surface area contributed by atoms with Crippen LogP contribution in [-0.2, 0) is 12.8 Å². The van der Waals surface area contributed by atoms with E-state index in [0.717, 1.165) is 18.4 Å². The van der Waals surface area contributed by atoms with Gasteiger partial charge in [-0.3, -0.25) is 0 Å². The van der Waals surface area contributed by atoms with Gasteiger partial charge < -0.3 is 4.74 Å². The quantitative estimate of drug-likeness (QED) is 0.220. The zero-order valence-electron chi connectivity index (χ0n) is 17.5. The number of hydrogen-bond acceptors (Lipinski definition) is 2. The average molecular weight is 387 g/mol. The fourth-order valence-corrected chi connectivity index (χ4v) is 3.38. The first-order valence-corrected chi connectivity index (χ1v) is 10.7. The summed E-state index contributed by atoms with van der Waals surface area (Å²) >= 11 is 0. The summed E-state index contributed by atoms with van der Waals surface area (Å²) in [6, 6.07) is 24.1. The second-order valence-electron chi connectivity index (χ2n) is 7.47. The SMILES string of the molecule is CCCCCCc1ccc(-c2ccc(OC(=O)c3ccc(CC)cc3)cc2)cc1. The normalized spacial score (nSPS) is 10.7. The molecule has 0 bridgehead atoms. The fourth-order valence-electron chi connectivity index (χ4n) is 3.38. The second kappa shape index (κ2) is 10.6. The molecule has 3 aromatic carbocycles. The predicted molar refractivity (Wildman–Crippen MR) is 121 cm³/mol. The highest BCUT2D eigenvalue weighted by Gasteiger charge is 2.09. The number of benzene rings is 3. The summed E-state index contributed by atoms with van der Waals surface area (Å²) in [4.78, 5) is 12.3. The molecule has 29 heavy (non-hydrogen) atoms. The third-order valence-electron chi connectivity index (χ3n) is 5.27. The standard InChI is InChI=1S/C27H30O2/c1-3-5-6-7-8-22-11-13-23(14-12-22)24-17-19-26(20-18-24)29-27(28)25-15-9-21(4-2)10-16-25/h9-20H,3-8H2,1-2H3. The molecule has 0 unspecified atom stereocenters. The third-order valence-corrected chi connectivity index (χ3v) is 5.27. The Morgan fingerprint density at radius 2 is 1.28 bits per heavy atom. The zero-order chi connectivity index (χ0) is 20.5. The molecule has 0 aliphatic rings. The van der Waals surface area contributed by atoms with Gasteiger partial charge in [-0.2, -0.15) is 0 Å². The number of carbonyl (C=O) groups is 1. The van der Waals surface area contributed by atoms with E-state index in [4.69, 9.17) is 4.74 Å². The highest BCUT2D eigenvalue weighted by atomic mass is 16.5. The minimum absolute atomic E-state index is 0.326. The molecular weight excluding hydrogens is 356 g/mol. The van der Waals surface area contributed by atoms with E-state index < -0.39 is 0 Å². The van der Waals surface area contributed by atoms with E-state index in [0.29, 0.717) is 11.3 Å². The first-order valence-electron chi connectivity index (χ1n) is 10.7. The molecule has 0 amide bonds. The number of aryl methyl sites for hydroxylation is 2. The van der Waals surface area contributed by atoms with Crippen LogP contribution in [-0.4, -0.2) is 5.97 Å². The van der Waals surface area contributed by atoms with Crippen LogP contribution in [0.25, 0.3) is 11.1 Å². The lowest BCUT2D eigenvalue weighted by Crippen LogP contribution is -2.08. The van der Waals surface area contributed by atoms with Crippen molar-refractivity contribution < 1.29 is 9.53 Å². The molecule has 3 aromatic rings. The molecular formula is C27H30O2. The molecule has 0 saturated carbocycles. The zero-order valence-corrected chi connectivity index (χ0v) is 17.5. The Morgan fingerprint density at radius 1 is 0.690 bits per heavy atom. The van der Waals surface area contributed by atoms with Gasteiger partial charge in [0.25, 0.3) is 0 Å². The van der Waals surface area contributed by atoms with E-state index >= 15 is 0 Å². The van der Waals surface area contributed by atoms with E-state index in [1.165, 1.54) is 42.4 Å². The highest BCUT2D eigenvalue weighted by Crippen LogP contribution is 2.24. The van der Waals surface area contributed by atoms with Crippen LogP contribution in [0.15, 0.2) is 72.8 Å². The third kappa shape index (κ3) is 6.05. The van der Waals surface area contributed by atoms with E-state index in [1.807, 2.05) is 48.5 Å². The lowest BCUT2D eigenvalue weighted by Gasteiger charge is -2.08. The Morgan fingerprint density at radius 3 is 1.86 bits per heavy atom. The molecule has 0 aliphatic carbocycles. The van der Waals surface area contributed by atoms with Gasteiger partial charge in [-0.1, -0.05) is 81.6 Å². The van der Waals surface area contributed by atoms with Gasteiger partial charge in [-0.15, -0.1) is 0 Å². The van der Waals surface area contributed by atoms with Crippen LogP contribution in [0.2, 0.25) is 0 Å². The van der Waals surface area contributed by atoms with Crippen molar-refractivity contribution in [2.45, 2.75) is 52.4 Å². The molecule has 0 atom stereocenters. The number of ether oxygens (including phenoxy) is 1. The van der Waals surface area contributed by atoms with Gasteiger partial charge in [-0.05, 0) is 65.8 Å². The van der Waals surface area contributed by atoms with Crippen molar-refractivity contribution in [3.05, 3.63) is 89.5 Å². The second-order valence-corrected chi connectivity index (χ2v) is 7.47. The first kappa shape index (κ1) is 20.9. The Labute approximate surface area is 174 Å². The first-order chi connectivity index (χ1) is 14.2. The van der Waals surface area contributed by atoms with E-state index in [1.54, 1.807) is 0 Å². The summed E-state index contributed by atoms with van der Waals surface area (Å²) in [5.41, 5.74) is 5.47. The minimum Gasteiger partial charge on any atom is -0.423 e. The van der Waals surface area contributed by atoms with Crippen molar-refractivity contribution in [3.8, 4) is 16.9 Å². The smallest absolute Gasteiger partial charge is 0.343 e. The number of hydrogen-bond donors (Lipinski definition) is 0. The Kier molecular flexibility index (Phi) is 7.63. The Bertz CT molecular complexity index is 891. The van der Waals surface area contributed by atoms with Crippen LogP contribution in [0.1, 0.15) is 61.0 Å². The van der Waals surface area contributed by atoms with Gasteiger partial charge >= 0.3 is 5.97 Å². The van der Waals surface area contributed by atoms with Crippen LogP contribution in [0, 0.1) is 0 Å². The number of unbranched alkanes of at least 4 members (excludes halogenated alkanes) is 3. The molecule has 0 aliphatic heterocycles. The van der Waals surface area contributed by atoms with Crippen LogP contribution in [0.5, 0.6) is 5.75 Å². The Balaban J connectivity index is 1.58. The van der Waals surface area contributed by atoms with Crippen molar-refractivity contribution in [1.29, 1.82) is 0 Å². The maximum atomic E-state index is 12.3. The lowest BCUT2D eigenvalue weighted by molar-refractivity contribution is 0.0735. The summed E-state index contributed by atoms with van der Waals surface area (Å²) in [6.45, 7) is 4.33. The van der Waals surface area contributed by atoms with Gasteiger partial charge in [0.15, 0.2) is 0 Å². The van der Waals surface area contributed by atoms with Gasteiger partial charge in [0.05, 0.1) is 5.56 Å². The van der Waals surface area contributed by atoms with Crippen molar-refractivity contribution in [1.82, 2.24) is 0 Å². The lowest BCUT2D eigenvalue weighted by atomic mass is 10.0. The van der Waals surface area contributed by atoms with Gasteiger partial charge in [0.2, 0.25) is 0 Å². The van der Waals surface area contributed by atoms with E-state index in [-0.39, 0.29) is 5.97 Å². The summed E-state index contributed by atoms with van der Waals surface area (Å²) < 4.78 is 5.51. The molecule has 2 nitrogen and oxygen atoms in total. The molecule has 0 saturated heterocycles. The van der Waals surface area contributed by atoms with Gasteiger partial charge in [0, 0.05) is 0 Å². The Hall–Kier alpha value is -2.87. The van der Waals surface area contributed by atoms with Crippen molar-refractivity contribution in [2.75, 3.05) is 0 Å². The van der Waals surface area contributed by atoms with Gasteiger partial charge in [0.1, 0.15) is 5.75 Å². The molecule has 0 spiro atoms. The molecule has 3 rings (SSSR count).